The van der Waals surface area contributed by atoms with Crippen molar-refractivity contribution in [3.63, 3.8) is 0 Å². The molecule has 0 saturated carbocycles. The average molecular weight is 567 g/mol. The lowest BCUT2D eigenvalue weighted by Crippen LogP contribution is -2.36. The molecule has 1 aliphatic carbocycles. The Kier molecular flexibility index (Phi) is 8.15. The first-order chi connectivity index (χ1) is 20.2. The fourth-order valence-electron chi connectivity index (χ4n) is 5.85. The van der Waals surface area contributed by atoms with Crippen molar-refractivity contribution in [2.24, 2.45) is 0 Å². The molecule has 216 valence electrons. The van der Waals surface area contributed by atoms with Crippen LogP contribution in [0.4, 0.5) is 0 Å². The van der Waals surface area contributed by atoms with Crippen LogP contribution in [-0.2, 0) is 20.9 Å². The third kappa shape index (κ3) is 5.65. The number of benzene rings is 3. The van der Waals surface area contributed by atoms with Gasteiger partial charge in [0.05, 0.1) is 12.7 Å². The molecule has 1 heterocycles. The molecule has 8 nitrogen and oxygen atoms in total. The molecule has 0 radical (unpaired) electrons. The summed E-state index contributed by atoms with van der Waals surface area (Å²) in [5.41, 5.74) is 4.88. The van der Waals surface area contributed by atoms with Crippen LogP contribution in [0.2, 0.25) is 0 Å². The van der Waals surface area contributed by atoms with Gasteiger partial charge in [-0.05, 0) is 60.4 Å². The summed E-state index contributed by atoms with van der Waals surface area (Å²) < 4.78 is 11.3. The number of nitrogens with zero attached hydrogens (tertiary/aromatic N) is 1. The molecule has 0 saturated heterocycles. The summed E-state index contributed by atoms with van der Waals surface area (Å²) in [6, 6.07) is 21.3. The van der Waals surface area contributed by atoms with Crippen LogP contribution in [0, 0.1) is 0 Å². The lowest BCUT2D eigenvalue weighted by atomic mass is 9.71. The molecule has 2 unspecified atom stereocenters. The lowest BCUT2D eigenvalue weighted by molar-refractivity contribution is -0.140. The normalized spacial score (nSPS) is 18.2. The maximum atomic E-state index is 13.9. The van der Waals surface area contributed by atoms with Gasteiger partial charge in [-0.1, -0.05) is 42.5 Å². The number of rotatable bonds is 7. The fourth-order valence-corrected chi connectivity index (χ4v) is 5.85. The van der Waals surface area contributed by atoms with Crippen molar-refractivity contribution in [2.45, 2.75) is 38.2 Å². The first kappa shape index (κ1) is 28.7. The van der Waals surface area contributed by atoms with Crippen molar-refractivity contribution in [1.82, 2.24) is 10.2 Å². The topological polar surface area (TPSA) is 105 Å². The first-order valence-corrected chi connectivity index (χ1v) is 13.8. The van der Waals surface area contributed by atoms with Gasteiger partial charge < -0.3 is 24.8 Å². The zero-order valence-corrected chi connectivity index (χ0v) is 24.1. The van der Waals surface area contributed by atoms with Gasteiger partial charge in [0, 0.05) is 54.9 Å². The number of carbonyl (C=O) groups is 3. The van der Waals surface area contributed by atoms with Crippen LogP contribution in [0.3, 0.4) is 0 Å². The Morgan fingerprint density at radius 2 is 1.76 bits per heavy atom. The van der Waals surface area contributed by atoms with Gasteiger partial charge in [0.25, 0.3) is 5.91 Å². The molecule has 3 aromatic rings. The highest BCUT2D eigenvalue weighted by molar-refractivity contribution is 6.04. The van der Waals surface area contributed by atoms with Gasteiger partial charge in [0.15, 0.2) is 5.78 Å². The van der Waals surface area contributed by atoms with E-state index in [4.69, 9.17) is 9.47 Å². The van der Waals surface area contributed by atoms with Gasteiger partial charge in [-0.15, -0.1) is 0 Å². The number of nitrogens with one attached hydrogen (secondary N) is 1. The maximum Gasteiger partial charge on any atom is 0.337 e. The summed E-state index contributed by atoms with van der Waals surface area (Å²) in [7, 11) is 4.97. The Morgan fingerprint density at radius 3 is 2.50 bits per heavy atom. The minimum Gasteiger partial charge on any atom is -0.508 e. The number of esters is 1. The molecule has 2 atom stereocenters. The van der Waals surface area contributed by atoms with Gasteiger partial charge in [-0.2, -0.15) is 0 Å². The summed E-state index contributed by atoms with van der Waals surface area (Å²) in [4.78, 5) is 41.5. The summed E-state index contributed by atoms with van der Waals surface area (Å²) >= 11 is 0. The highest BCUT2D eigenvalue weighted by Crippen LogP contribution is 2.47. The quantitative estimate of drug-likeness (QED) is 0.379. The molecule has 0 bridgehead atoms. The molecule has 1 aliphatic heterocycles. The minimum absolute atomic E-state index is 0.0380. The smallest absolute Gasteiger partial charge is 0.337 e. The Balaban J connectivity index is 1.47. The van der Waals surface area contributed by atoms with Crippen molar-refractivity contribution in [2.75, 3.05) is 21.2 Å². The predicted molar refractivity (Wildman–Crippen MR) is 158 cm³/mol. The lowest BCUT2D eigenvalue weighted by Gasteiger charge is -2.37. The Labute approximate surface area is 245 Å². The molecular weight excluding hydrogens is 532 g/mol. The highest BCUT2D eigenvalue weighted by atomic mass is 16.5. The first-order valence-electron chi connectivity index (χ1n) is 13.8. The van der Waals surface area contributed by atoms with E-state index >= 15 is 0 Å². The summed E-state index contributed by atoms with van der Waals surface area (Å²) in [5, 5.41) is 13.7. The second-order valence-corrected chi connectivity index (χ2v) is 10.8. The Hall–Kier alpha value is -4.85. The molecule has 2 aliphatic rings. The zero-order chi connectivity index (χ0) is 30.0. The fraction of sp³-hybridized carbons (Fsp3) is 0.265. The molecule has 2 N–H and O–H groups in total. The van der Waals surface area contributed by atoms with Gasteiger partial charge in [-0.25, -0.2) is 4.79 Å². The molecular formula is C34H34N2O6. The van der Waals surface area contributed by atoms with Gasteiger partial charge in [-0.3, -0.25) is 9.59 Å². The average Bonchev–Trinajstić information content (AvgIpc) is 2.98. The van der Waals surface area contributed by atoms with Crippen LogP contribution in [0.5, 0.6) is 11.5 Å². The van der Waals surface area contributed by atoms with E-state index in [0.29, 0.717) is 40.0 Å². The van der Waals surface area contributed by atoms with Crippen molar-refractivity contribution in [3.05, 3.63) is 118 Å². The molecule has 0 spiro atoms. The number of methoxy groups -OCH3 is 1. The highest BCUT2D eigenvalue weighted by Gasteiger charge is 2.42. The second-order valence-electron chi connectivity index (χ2n) is 10.8. The van der Waals surface area contributed by atoms with Gasteiger partial charge >= 0.3 is 5.97 Å². The minimum atomic E-state index is -0.714. The number of carbonyl (C=O) groups excluding carboxylic acids is 3. The van der Waals surface area contributed by atoms with E-state index in [0.717, 1.165) is 17.0 Å². The summed E-state index contributed by atoms with van der Waals surface area (Å²) in [6.07, 6.45) is 0.813. The van der Waals surface area contributed by atoms with Gasteiger partial charge in [0.2, 0.25) is 0 Å². The number of Topliss-reactive ketones (excluding diaryl/α,β-unsaturated/α-hetero) is 1. The maximum absolute atomic E-state index is 13.9. The van der Waals surface area contributed by atoms with Crippen molar-refractivity contribution in [3.8, 4) is 11.5 Å². The predicted octanol–water partition coefficient (Wildman–Crippen LogP) is 5.21. The monoisotopic (exact) mass is 566 g/mol. The van der Waals surface area contributed by atoms with E-state index in [1.54, 1.807) is 76.7 Å². The molecule has 0 aromatic heterocycles. The van der Waals surface area contributed by atoms with Crippen molar-refractivity contribution in [1.29, 1.82) is 0 Å². The second kappa shape index (κ2) is 11.9. The van der Waals surface area contributed by atoms with E-state index in [-0.39, 0.29) is 36.4 Å². The number of aromatic hydroxyl groups is 1. The van der Waals surface area contributed by atoms with Crippen LogP contribution >= 0.6 is 0 Å². The largest absolute Gasteiger partial charge is 0.508 e. The molecule has 8 heteroatoms. The third-order valence-corrected chi connectivity index (χ3v) is 7.78. The van der Waals surface area contributed by atoms with Crippen LogP contribution in [-0.4, -0.2) is 48.9 Å². The number of phenolic OH excluding ortho intramolecular Hbond substituents is 1. The van der Waals surface area contributed by atoms with Crippen molar-refractivity contribution < 1.29 is 29.0 Å². The van der Waals surface area contributed by atoms with E-state index in [9.17, 15) is 19.5 Å². The van der Waals surface area contributed by atoms with Crippen LogP contribution in [0.1, 0.15) is 58.6 Å². The van der Waals surface area contributed by atoms with E-state index in [1.165, 1.54) is 4.90 Å². The van der Waals surface area contributed by atoms with E-state index in [1.807, 2.05) is 24.3 Å². The molecule has 3 aromatic carbocycles. The Morgan fingerprint density at radius 1 is 1.00 bits per heavy atom. The standard InChI is InChI=1S/C34H34N2O6/c1-20-30(34(40)42-19-21-9-7-11-23(15-21)33(39)36(2)3)31(22-10-8-12-25(37)16-22)32-27(35-20)17-24(18-28(32)38)26-13-5-6-14-29(26)41-4/h5-16,24,31,35,37H,17-19H2,1-4H3. The number of ether oxygens (including phenoxy) is 2. The molecule has 0 fully saturated rings. The number of allylic oxidation sites excluding steroid dienone is 3. The number of amides is 1. The number of para-hydroxylation sites is 1. The van der Waals surface area contributed by atoms with Gasteiger partial charge in [0.1, 0.15) is 18.1 Å². The number of hydrogen-bond donors (Lipinski definition) is 2. The van der Waals surface area contributed by atoms with E-state index in [2.05, 4.69) is 5.32 Å². The SMILES string of the molecule is COc1ccccc1C1CC(=O)C2=C(C1)NC(C)=C(C(=O)OCc1cccc(C(=O)N(C)C)c1)C2c1cccc(O)c1. The summed E-state index contributed by atoms with van der Waals surface area (Å²) in [5.74, 6) is -0.853. The van der Waals surface area contributed by atoms with Crippen LogP contribution in [0.15, 0.2) is 95.3 Å². The van der Waals surface area contributed by atoms with Crippen LogP contribution < -0.4 is 10.1 Å². The summed E-state index contributed by atoms with van der Waals surface area (Å²) in [6.45, 7) is 1.75. The zero-order valence-electron chi connectivity index (χ0n) is 24.1. The number of dihydropyridines is 1. The number of ketones is 1. The Bertz CT molecular complexity index is 1620. The molecule has 42 heavy (non-hydrogen) atoms. The van der Waals surface area contributed by atoms with Crippen LogP contribution in [0.25, 0.3) is 0 Å². The van der Waals surface area contributed by atoms with E-state index < -0.39 is 11.9 Å². The third-order valence-electron chi connectivity index (χ3n) is 7.78. The number of hydrogen-bond acceptors (Lipinski definition) is 7. The number of phenols is 1. The molecule has 5 rings (SSSR count). The van der Waals surface area contributed by atoms with Crippen molar-refractivity contribution >= 4 is 17.7 Å². The molecule has 1 amide bonds.